The molecule has 1 atom stereocenters. The van der Waals surface area contributed by atoms with Gasteiger partial charge in [0.1, 0.15) is 5.82 Å². The second kappa shape index (κ2) is 5.05. The smallest absolute Gasteiger partial charge is 0.256 e. The SMILES string of the molecule is Cc1ccc(C(=O)N2CCC(CCl)C2)c(F)c1. The zero-order chi connectivity index (χ0) is 12.4. The average Bonchev–Trinajstić information content (AvgIpc) is 2.76. The minimum absolute atomic E-state index is 0.158. The van der Waals surface area contributed by atoms with Crippen LogP contribution in [0.15, 0.2) is 18.2 Å². The molecule has 1 unspecified atom stereocenters. The molecule has 92 valence electrons. The van der Waals surface area contributed by atoms with Gasteiger partial charge in [-0.2, -0.15) is 0 Å². The molecular weight excluding hydrogens is 241 g/mol. The van der Waals surface area contributed by atoms with Crippen LogP contribution < -0.4 is 0 Å². The lowest BCUT2D eigenvalue weighted by molar-refractivity contribution is 0.0783. The molecule has 1 saturated heterocycles. The quantitative estimate of drug-likeness (QED) is 0.744. The molecule has 1 fully saturated rings. The van der Waals surface area contributed by atoms with Gasteiger partial charge < -0.3 is 4.90 Å². The maximum Gasteiger partial charge on any atom is 0.256 e. The summed E-state index contributed by atoms with van der Waals surface area (Å²) < 4.78 is 13.7. The lowest BCUT2D eigenvalue weighted by atomic mass is 10.1. The van der Waals surface area contributed by atoms with Gasteiger partial charge in [-0.3, -0.25) is 4.79 Å². The monoisotopic (exact) mass is 255 g/mol. The van der Waals surface area contributed by atoms with Crippen LogP contribution in [0.4, 0.5) is 4.39 Å². The third kappa shape index (κ3) is 2.60. The highest BCUT2D eigenvalue weighted by atomic mass is 35.5. The Labute approximate surface area is 105 Å². The van der Waals surface area contributed by atoms with E-state index < -0.39 is 5.82 Å². The van der Waals surface area contributed by atoms with Crippen LogP contribution in [0.3, 0.4) is 0 Å². The Kier molecular flexibility index (Phi) is 3.67. The Morgan fingerprint density at radius 1 is 1.59 bits per heavy atom. The summed E-state index contributed by atoms with van der Waals surface area (Å²) in [4.78, 5) is 13.8. The van der Waals surface area contributed by atoms with Crippen molar-refractivity contribution >= 4 is 17.5 Å². The minimum atomic E-state index is -0.440. The fourth-order valence-electron chi connectivity index (χ4n) is 2.11. The van der Waals surface area contributed by atoms with Gasteiger partial charge in [-0.15, -0.1) is 11.6 Å². The average molecular weight is 256 g/mol. The summed E-state index contributed by atoms with van der Waals surface area (Å²) in [5.41, 5.74) is 0.977. The standard InChI is InChI=1S/C13H15ClFNO/c1-9-2-3-11(12(15)6-9)13(17)16-5-4-10(7-14)8-16/h2-3,6,10H,4-5,7-8H2,1H3. The Morgan fingerprint density at radius 2 is 2.35 bits per heavy atom. The number of halogens is 2. The summed E-state index contributed by atoms with van der Waals surface area (Å²) >= 11 is 5.76. The summed E-state index contributed by atoms with van der Waals surface area (Å²) in [5, 5.41) is 0. The number of nitrogens with zero attached hydrogens (tertiary/aromatic N) is 1. The van der Waals surface area contributed by atoms with Crippen LogP contribution in [-0.2, 0) is 0 Å². The number of likely N-dealkylation sites (tertiary alicyclic amines) is 1. The fraction of sp³-hybridized carbons (Fsp3) is 0.462. The van der Waals surface area contributed by atoms with Crippen LogP contribution in [0, 0.1) is 18.7 Å². The topological polar surface area (TPSA) is 20.3 Å². The second-order valence-corrected chi connectivity index (χ2v) is 4.85. The summed E-state index contributed by atoms with van der Waals surface area (Å²) in [6.07, 6.45) is 0.905. The normalized spacial score (nSPS) is 19.7. The van der Waals surface area contributed by atoms with Crippen molar-refractivity contribution in [1.82, 2.24) is 4.90 Å². The van der Waals surface area contributed by atoms with Gasteiger partial charge in [0.05, 0.1) is 5.56 Å². The number of carbonyl (C=O) groups excluding carboxylic acids is 1. The minimum Gasteiger partial charge on any atom is -0.338 e. The predicted molar refractivity (Wildman–Crippen MR) is 65.9 cm³/mol. The molecular formula is C13H15ClFNO. The maximum atomic E-state index is 13.7. The van der Waals surface area contributed by atoms with Gasteiger partial charge in [-0.05, 0) is 37.0 Å². The summed E-state index contributed by atoms with van der Waals surface area (Å²) in [6.45, 7) is 3.11. The first-order chi connectivity index (χ1) is 8.11. The van der Waals surface area contributed by atoms with Crippen molar-refractivity contribution in [2.75, 3.05) is 19.0 Å². The Morgan fingerprint density at radius 3 is 2.94 bits per heavy atom. The molecule has 0 bridgehead atoms. The first-order valence-corrected chi connectivity index (χ1v) is 6.26. The van der Waals surface area contributed by atoms with Gasteiger partial charge in [0, 0.05) is 19.0 Å². The van der Waals surface area contributed by atoms with Gasteiger partial charge in [-0.25, -0.2) is 4.39 Å². The van der Waals surface area contributed by atoms with Crippen LogP contribution in [0.25, 0.3) is 0 Å². The van der Waals surface area contributed by atoms with Crippen LogP contribution in [-0.4, -0.2) is 29.8 Å². The van der Waals surface area contributed by atoms with Gasteiger partial charge in [0.2, 0.25) is 0 Å². The van der Waals surface area contributed by atoms with Gasteiger partial charge in [0.25, 0.3) is 5.91 Å². The van der Waals surface area contributed by atoms with E-state index in [4.69, 9.17) is 11.6 Å². The highest BCUT2D eigenvalue weighted by molar-refractivity contribution is 6.18. The lowest BCUT2D eigenvalue weighted by Crippen LogP contribution is -2.29. The summed E-state index contributed by atoms with van der Waals surface area (Å²) in [6, 6.07) is 4.70. The van der Waals surface area contributed by atoms with Crippen LogP contribution >= 0.6 is 11.6 Å². The Hall–Kier alpha value is -1.09. The first kappa shape index (κ1) is 12.4. The molecule has 4 heteroatoms. The van der Waals surface area contributed by atoms with Crippen molar-refractivity contribution in [1.29, 1.82) is 0 Å². The molecule has 2 rings (SSSR count). The summed E-state index contributed by atoms with van der Waals surface area (Å²) in [5.74, 6) is 0.230. The first-order valence-electron chi connectivity index (χ1n) is 5.73. The maximum absolute atomic E-state index is 13.7. The molecule has 1 aliphatic heterocycles. The number of hydrogen-bond acceptors (Lipinski definition) is 1. The highest BCUT2D eigenvalue weighted by Gasteiger charge is 2.27. The number of hydrogen-bond donors (Lipinski definition) is 0. The van der Waals surface area contributed by atoms with Crippen molar-refractivity contribution in [3.8, 4) is 0 Å². The molecule has 1 aromatic carbocycles. The van der Waals surface area contributed by atoms with E-state index in [1.54, 1.807) is 24.0 Å². The molecule has 0 spiro atoms. The number of rotatable bonds is 2. The Bertz CT molecular complexity index is 435. The van der Waals surface area contributed by atoms with Crippen molar-refractivity contribution in [2.24, 2.45) is 5.92 Å². The van der Waals surface area contributed by atoms with Crippen molar-refractivity contribution in [3.63, 3.8) is 0 Å². The van der Waals surface area contributed by atoms with E-state index in [1.807, 2.05) is 0 Å². The number of alkyl halides is 1. The highest BCUT2D eigenvalue weighted by Crippen LogP contribution is 2.21. The molecule has 0 saturated carbocycles. The number of carbonyl (C=O) groups is 1. The van der Waals surface area contributed by atoms with E-state index in [0.717, 1.165) is 12.0 Å². The molecule has 1 amide bonds. The largest absolute Gasteiger partial charge is 0.338 e. The van der Waals surface area contributed by atoms with Gasteiger partial charge in [-0.1, -0.05) is 6.07 Å². The molecule has 2 nitrogen and oxygen atoms in total. The molecule has 17 heavy (non-hydrogen) atoms. The van der Waals surface area contributed by atoms with E-state index in [9.17, 15) is 9.18 Å². The lowest BCUT2D eigenvalue weighted by Gasteiger charge is -2.16. The molecule has 1 aliphatic rings. The van der Waals surface area contributed by atoms with Gasteiger partial charge >= 0.3 is 0 Å². The van der Waals surface area contributed by atoms with Crippen LogP contribution in [0.2, 0.25) is 0 Å². The molecule has 0 N–H and O–H groups in total. The Balaban J connectivity index is 2.15. The second-order valence-electron chi connectivity index (χ2n) is 4.54. The number of aryl methyl sites for hydroxylation is 1. The van der Waals surface area contributed by atoms with Crippen molar-refractivity contribution < 1.29 is 9.18 Å². The zero-order valence-electron chi connectivity index (χ0n) is 9.75. The van der Waals surface area contributed by atoms with Crippen LogP contribution in [0.1, 0.15) is 22.3 Å². The summed E-state index contributed by atoms with van der Waals surface area (Å²) in [7, 11) is 0. The van der Waals surface area contributed by atoms with Crippen molar-refractivity contribution in [3.05, 3.63) is 35.1 Å². The third-order valence-corrected chi connectivity index (χ3v) is 3.58. The third-order valence-electron chi connectivity index (χ3n) is 3.15. The number of benzene rings is 1. The van der Waals surface area contributed by atoms with Crippen molar-refractivity contribution in [2.45, 2.75) is 13.3 Å². The fourth-order valence-corrected chi connectivity index (χ4v) is 2.36. The molecule has 1 heterocycles. The van der Waals surface area contributed by atoms with Gasteiger partial charge in [0.15, 0.2) is 0 Å². The predicted octanol–water partition coefficient (Wildman–Crippen LogP) is 2.84. The van der Waals surface area contributed by atoms with E-state index in [1.165, 1.54) is 6.07 Å². The zero-order valence-corrected chi connectivity index (χ0v) is 10.5. The number of amides is 1. The van der Waals surface area contributed by atoms with Crippen LogP contribution in [0.5, 0.6) is 0 Å². The molecule has 0 radical (unpaired) electrons. The molecule has 1 aromatic rings. The van der Waals surface area contributed by atoms with E-state index in [0.29, 0.717) is 24.9 Å². The van der Waals surface area contributed by atoms with E-state index >= 15 is 0 Å². The van der Waals surface area contributed by atoms with E-state index in [2.05, 4.69) is 0 Å². The molecule has 0 aromatic heterocycles. The molecule has 0 aliphatic carbocycles. The van der Waals surface area contributed by atoms with E-state index in [-0.39, 0.29) is 11.5 Å².